The lowest BCUT2D eigenvalue weighted by molar-refractivity contribution is 0.0627. The van der Waals surface area contributed by atoms with E-state index in [0.29, 0.717) is 19.6 Å². The zero-order valence-corrected chi connectivity index (χ0v) is 16.6. The highest BCUT2D eigenvalue weighted by atomic mass is 32.2. The van der Waals surface area contributed by atoms with Gasteiger partial charge in [0.2, 0.25) is 0 Å². The lowest BCUT2D eigenvalue weighted by atomic mass is 9.84. The molecule has 0 saturated heterocycles. The SMILES string of the molecule is CSc1ccc(C=C2C(=O)c3ccccc3CC2OCCn2ccnc2)cc1. The number of thioether (sulfide) groups is 1. The van der Waals surface area contributed by atoms with Gasteiger partial charge in [-0.15, -0.1) is 11.8 Å². The largest absolute Gasteiger partial charge is 0.371 e. The second-order valence-electron chi connectivity index (χ2n) is 6.72. The summed E-state index contributed by atoms with van der Waals surface area (Å²) in [5, 5.41) is 0. The van der Waals surface area contributed by atoms with E-state index in [1.54, 1.807) is 24.3 Å². The van der Waals surface area contributed by atoms with Gasteiger partial charge < -0.3 is 9.30 Å². The maximum absolute atomic E-state index is 13.2. The summed E-state index contributed by atoms with van der Waals surface area (Å²) in [6, 6.07) is 16.1. The number of rotatable bonds is 6. The number of carbonyl (C=O) groups excluding carboxylic acids is 1. The number of ketones is 1. The normalized spacial score (nSPS) is 17.7. The second kappa shape index (κ2) is 8.59. The first-order valence-corrected chi connectivity index (χ1v) is 10.5. The van der Waals surface area contributed by atoms with Gasteiger partial charge in [-0.05, 0) is 35.6 Å². The van der Waals surface area contributed by atoms with Crippen molar-refractivity contribution in [3.05, 3.63) is 89.5 Å². The summed E-state index contributed by atoms with van der Waals surface area (Å²) in [6.45, 7) is 1.24. The molecule has 142 valence electrons. The van der Waals surface area contributed by atoms with Crippen molar-refractivity contribution in [2.24, 2.45) is 0 Å². The first-order valence-electron chi connectivity index (χ1n) is 9.30. The molecule has 5 heteroatoms. The van der Waals surface area contributed by atoms with Gasteiger partial charge in [-0.1, -0.05) is 36.4 Å². The molecule has 0 aliphatic heterocycles. The second-order valence-corrected chi connectivity index (χ2v) is 7.60. The third-order valence-electron chi connectivity index (χ3n) is 4.94. The van der Waals surface area contributed by atoms with Gasteiger partial charge in [-0.2, -0.15) is 0 Å². The number of ether oxygens (including phenoxy) is 1. The van der Waals surface area contributed by atoms with Gasteiger partial charge in [0.25, 0.3) is 0 Å². The van der Waals surface area contributed by atoms with Gasteiger partial charge in [0, 0.05) is 41.4 Å². The van der Waals surface area contributed by atoms with Gasteiger partial charge in [-0.25, -0.2) is 4.98 Å². The Kier molecular flexibility index (Phi) is 5.74. The topological polar surface area (TPSA) is 44.1 Å². The van der Waals surface area contributed by atoms with Crippen LogP contribution < -0.4 is 0 Å². The van der Waals surface area contributed by atoms with E-state index in [9.17, 15) is 4.79 Å². The van der Waals surface area contributed by atoms with Crippen LogP contribution in [0.15, 0.2) is 77.7 Å². The molecular formula is C23H22N2O2S. The van der Waals surface area contributed by atoms with Crippen molar-refractivity contribution >= 4 is 23.6 Å². The Labute approximate surface area is 169 Å². The van der Waals surface area contributed by atoms with E-state index in [0.717, 1.165) is 22.3 Å². The Balaban J connectivity index is 1.60. The number of imidazole rings is 1. The molecule has 0 spiro atoms. The van der Waals surface area contributed by atoms with Crippen molar-refractivity contribution in [1.29, 1.82) is 0 Å². The van der Waals surface area contributed by atoms with Crippen molar-refractivity contribution in [3.63, 3.8) is 0 Å². The van der Waals surface area contributed by atoms with Crippen molar-refractivity contribution in [1.82, 2.24) is 9.55 Å². The predicted molar refractivity (Wildman–Crippen MR) is 113 cm³/mol. The van der Waals surface area contributed by atoms with Crippen molar-refractivity contribution in [2.45, 2.75) is 24.0 Å². The molecule has 28 heavy (non-hydrogen) atoms. The fourth-order valence-corrected chi connectivity index (χ4v) is 3.85. The molecule has 1 aliphatic carbocycles. The van der Waals surface area contributed by atoms with Crippen molar-refractivity contribution in [2.75, 3.05) is 12.9 Å². The molecule has 0 fully saturated rings. The van der Waals surface area contributed by atoms with E-state index >= 15 is 0 Å². The van der Waals surface area contributed by atoms with Crippen LogP contribution >= 0.6 is 11.8 Å². The van der Waals surface area contributed by atoms with E-state index < -0.39 is 0 Å². The molecule has 4 rings (SSSR count). The summed E-state index contributed by atoms with van der Waals surface area (Å²) in [5.74, 6) is 0.0587. The van der Waals surface area contributed by atoms with Crippen LogP contribution in [0.4, 0.5) is 0 Å². The van der Waals surface area contributed by atoms with E-state index in [1.165, 1.54) is 4.90 Å². The molecule has 1 heterocycles. The number of aromatic nitrogens is 2. The molecule has 2 aromatic carbocycles. The number of carbonyl (C=O) groups is 1. The van der Waals surface area contributed by atoms with Crippen LogP contribution in [0.2, 0.25) is 0 Å². The van der Waals surface area contributed by atoms with Crippen LogP contribution in [0, 0.1) is 0 Å². The molecule has 1 atom stereocenters. The first kappa shape index (κ1) is 18.7. The molecule has 1 unspecified atom stereocenters. The third-order valence-corrected chi connectivity index (χ3v) is 5.69. The van der Waals surface area contributed by atoms with Crippen molar-refractivity contribution < 1.29 is 9.53 Å². The van der Waals surface area contributed by atoms with Gasteiger partial charge in [0.15, 0.2) is 5.78 Å². The summed E-state index contributed by atoms with van der Waals surface area (Å²) in [5.41, 5.74) is 3.57. The minimum atomic E-state index is -0.244. The predicted octanol–water partition coefficient (Wildman–Crippen LogP) is 4.51. The first-order chi connectivity index (χ1) is 13.7. The van der Waals surface area contributed by atoms with Gasteiger partial charge in [0.1, 0.15) is 0 Å². The Hall–Kier alpha value is -2.63. The van der Waals surface area contributed by atoms with Crippen LogP contribution in [0.3, 0.4) is 0 Å². The maximum atomic E-state index is 13.2. The number of hydrogen-bond acceptors (Lipinski definition) is 4. The highest BCUT2D eigenvalue weighted by Crippen LogP contribution is 2.29. The highest BCUT2D eigenvalue weighted by molar-refractivity contribution is 7.98. The van der Waals surface area contributed by atoms with E-state index in [-0.39, 0.29) is 11.9 Å². The number of nitrogens with zero attached hydrogens (tertiary/aromatic N) is 2. The summed E-state index contributed by atoms with van der Waals surface area (Å²) in [4.78, 5) is 18.4. The highest BCUT2D eigenvalue weighted by Gasteiger charge is 2.30. The summed E-state index contributed by atoms with van der Waals surface area (Å²) >= 11 is 1.71. The number of fused-ring (bicyclic) bond motifs is 1. The monoisotopic (exact) mass is 390 g/mol. The molecule has 0 amide bonds. The van der Waals surface area contributed by atoms with E-state index in [4.69, 9.17) is 4.74 Å². The molecule has 1 aliphatic rings. The lowest BCUT2D eigenvalue weighted by Gasteiger charge is -2.27. The van der Waals surface area contributed by atoms with Crippen LogP contribution in [-0.2, 0) is 17.7 Å². The van der Waals surface area contributed by atoms with Crippen LogP contribution in [0.1, 0.15) is 21.5 Å². The van der Waals surface area contributed by atoms with E-state index in [2.05, 4.69) is 35.5 Å². The quantitative estimate of drug-likeness (QED) is 0.459. The molecule has 3 aromatic rings. The summed E-state index contributed by atoms with van der Waals surface area (Å²) < 4.78 is 8.15. The Bertz CT molecular complexity index is 978. The van der Waals surface area contributed by atoms with Crippen LogP contribution in [-0.4, -0.2) is 34.3 Å². The Morgan fingerprint density at radius 1 is 1.21 bits per heavy atom. The zero-order chi connectivity index (χ0) is 19.3. The Morgan fingerprint density at radius 3 is 2.79 bits per heavy atom. The molecule has 0 radical (unpaired) electrons. The Morgan fingerprint density at radius 2 is 2.04 bits per heavy atom. The number of Topliss-reactive ketones (excluding diaryl/α,β-unsaturated/α-hetero) is 1. The fourth-order valence-electron chi connectivity index (χ4n) is 3.44. The molecule has 1 aromatic heterocycles. The average molecular weight is 391 g/mol. The minimum Gasteiger partial charge on any atom is -0.371 e. The van der Waals surface area contributed by atoms with Gasteiger partial charge >= 0.3 is 0 Å². The summed E-state index contributed by atoms with van der Waals surface area (Å²) in [7, 11) is 0. The number of benzene rings is 2. The van der Waals surface area contributed by atoms with Crippen LogP contribution in [0.5, 0.6) is 0 Å². The fraction of sp³-hybridized carbons (Fsp3) is 0.217. The maximum Gasteiger partial charge on any atom is 0.191 e. The minimum absolute atomic E-state index is 0.0587. The molecule has 4 nitrogen and oxygen atoms in total. The lowest BCUT2D eigenvalue weighted by Crippen LogP contribution is -2.31. The summed E-state index contributed by atoms with van der Waals surface area (Å²) in [6.07, 6.45) is 9.93. The van der Waals surface area contributed by atoms with Gasteiger partial charge in [-0.3, -0.25) is 4.79 Å². The average Bonchev–Trinajstić information content (AvgIpc) is 3.25. The van der Waals surface area contributed by atoms with Gasteiger partial charge in [0.05, 0.1) is 19.0 Å². The van der Waals surface area contributed by atoms with E-state index in [1.807, 2.05) is 41.1 Å². The molecular weight excluding hydrogens is 368 g/mol. The number of hydrogen-bond donors (Lipinski definition) is 0. The standard InChI is InChI=1S/C23H22N2O2S/c1-28-19-8-6-17(7-9-19)14-21-22(27-13-12-25-11-10-24-16-25)15-18-4-2-3-5-20(18)23(21)26/h2-11,14,16,22H,12-13,15H2,1H3. The molecule has 0 bridgehead atoms. The molecule has 0 saturated carbocycles. The smallest absolute Gasteiger partial charge is 0.191 e. The third kappa shape index (κ3) is 4.11. The van der Waals surface area contributed by atoms with Crippen LogP contribution in [0.25, 0.3) is 6.08 Å². The zero-order valence-electron chi connectivity index (χ0n) is 15.7. The molecule has 0 N–H and O–H groups in total. The van der Waals surface area contributed by atoms with Crippen molar-refractivity contribution in [3.8, 4) is 0 Å².